The molecule has 1 aliphatic carbocycles. The molecule has 2 rings (SSSR count). The summed E-state index contributed by atoms with van der Waals surface area (Å²) in [6.07, 6.45) is 5.21. The van der Waals surface area contributed by atoms with Gasteiger partial charge in [0.05, 0.1) is 18.4 Å². The average molecular weight is 269 g/mol. The molecule has 1 saturated carbocycles. The fraction of sp³-hybridized carbons (Fsp3) is 0.667. The van der Waals surface area contributed by atoms with Crippen LogP contribution in [0.25, 0.3) is 0 Å². The van der Waals surface area contributed by atoms with Crippen molar-refractivity contribution in [2.75, 3.05) is 18.9 Å². The molecule has 18 heavy (non-hydrogen) atoms. The Morgan fingerprint density at radius 1 is 1.56 bits per heavy atom. The summed E-state index contributed by atoms with van der Waals surface area (Å²) in [7, 11) is 0. The second-order valence-corrected chi connectivity index (χ2v) is 5.53. The maximum absolute atomic E-state index is 11.8. The predicted molar refractivity (Wildman–Crippen MR) is 71.8 cm³/mol. The number of carbonyl (C=O) groups is 1. The molecule has 0 unspecified atom stereocenters. The molecule has 1 aromatic heterocycles. The molecule has 1 amide bonds. The van der Waals surface area contributed by atoms with E-state index in [0.29, 0.717) is 35.0 Å². The lowest BCUT2D eigenvalue weighted by Crippen LogP contribution is -2.28. The van der Waals surface area contributed by atoms with Crippen LogP contribution in [0.1, 0.15) is 41.0 Å². The topological polar surface area (TPSA) is 77.2 Å². The molecular formula is C12H19N3O2S. The van der Waals surface area contributed by atoms with Crippen LogP contribution < -0.4 is 11.1 Å². The summed E-state index contributed by atoms with van der Waals surface area (Å²) in [6.45, 7) is 2.90. The summed E-state index contributed by atoms with van der Waals surface area (Å²) in [4.78, 5) is 16.4. The standard InChI is InChI=1S/C12H19N3O2S/c1-8-10(18-12(13)15-8)11(16)14-6-7-17-9-4-2-3-5-9/h9H,2-7H2,1H3,(H2,13,15)(H,14,16). The second-order valence-electron chi connectivity index (χ2n) is 4.50. The van der Waals surface area contributed by atoms with Crippen LogP contribution in [0.15, 0.2) is 0 Å². The van der Waals surface area contributed by atoms with Gasteiger partial charge in [0, 0.05) is 6.54 Å². The minimum absolute atomic E-state index is 0.114. The molecule has 1 heterocycles. The highest BCUT2D eigenvalue weighted by molar-refractivity contribution is 7.17. The Labute approximate surface area is 111 Å². The zero-order valence-electron chi connectivity index (χ0n) is 10.6. The normalized spacial score (nSPS) is 16.1. The number of nitrogen functional groups attached to an aromatic ring is 1. The van der Waals surface area contributed by atoms with Crippen molar-refractivity contribution >= 4 is 22.4 Å². The first-order valence-corrected chi connectivity index (χ1v) is 7.11. The van der Waals surface area contributed by atoms with E-state index in [1.807, 2.05) is 0 Å². The van der Waals surface area contributed by atoms with Crippen molar-refractivity contribution < 1.29 is 9.53 Å². The fourth-order valence-electron chi connectivity index (χ4n) is 2.15. The van der Waals surface area contributed by atoms with Crippen LogP contribution in [0.4, 0.5) is 5.13 Å². The molecule has 0 spiro atoms. The number of aryl methyl sites for hydroxylation is 1. The van der Waals surface area contributed by atoms with Crippen LogP contribution in [-0.4, -0.2) is 30.1 Å². The maximum atomic E-state index is 11.8. The van der Waals surface area contributed by atoms with Crippen LogP contribution in [0.3, 0.4) is 0 Å². The summed E-state index contributed by atoms with van der Waals surface area (Å²) in [6, 6.07) is 0. The molecule has 0 saturated heterocycles. The molecule has 1 aromatic rings. The number of aromatic nitrogens is 1. The number of rotatable bonds is 5. The molecule has 0 bridgehead atoms. The Morgan fingerprint density at radius 2 is 2.28 bits per heavy atom. The van der Waals surface area contributed by atoms with Gasteiger partial charge in [0.1, 0.15) is 4.88 Å². The van der Waals surface area contributed by atoms with Gasteiger partial charge in [-0.1, -0.05) is 24.2 Å². The number of carbonyl (C=O) groups excluding carboxylic acids is 1. The Morgan fingerprint density at radius 3 is 2.89 bits per heavy atom. The van der Waals surface area contributed by atoms with Gasteiger partial charge in [0.15, 0.2) is 5.13 Å². The largest absolute Gasteiger partial charge is 0.376 e. The summed E-state index contributed by atoms with van der Waals surface area (Å²) in [5.74, 6) is -0.114. The number of anilines is 1. The average Bonchev–Trinajstić information content (AvgIpc) is 2.94. The zero-order chi connectivity index (χ0) is 13.0. The molecule has 0 radical (unpaired) electrons. The SMILES string of the molecule is Cc1nc(N)sc1C(=O)NCCOC1CCCC1. The van der Waals surface area contributed by atoms with Crippen molar-refractivity contribution in [2.45, 2.75) is 38.7 Å². The summed E-state index contributed by atoms with van der Waals surface area (Å²) in [5, 5.41) is 3.26. The van der Waals surface area contributed by atoms with E-state index in [0.717, 1.165) is 12.8 Å². The van der Waals surface area contributed by atoms with Gasteiger partial charge in [-0.15, -0.1) is 0 Å². The molecule has 3 N–H and O–H groups in total. The van der Waals surface area contributed by atoms with E-state index in [2.05, 4.69) is 10.3 Å². The van der Waals surface area contributed by atoms with Crippen LogP contribution in [0.5, 0.6) is 0 Å². The summed E-state index contributed by atoms with van der Waals surface area (Å²) < 4.78 is 5.67. The number of nitrogens with two attached hydrogens (primary N) is 1. The monoisotopic (exact) mass is 269 g/mol. The third kappa shape index (κ3) is 3.43. The maximum Gasteiger partial charge on any atom is 0.263 e. The highest BCUT2D eigenvalue weighted by atomic mass is 32.1. The number of amides is 1. The predicted octanol–water partition coefficient (Wildman–Crippen LogP) is 1.72. The van der Waals surface area contributed by atoms with Crippen LogP contribution in [0.2, 0.25) is 0 Å². The van der Waals surface area contributed by atoms with Gasteiger partial charge in [-0.3, -0.25) is 4.79 Å². The third-order valence-corrected chi connectivity index (χ3v) is 4.05. The number of nitrogens with one attached hydrogen (secondary N) is 1. The highest BCUT2D eigenvalue weighted by Crippen LogP contribution is 2.21. The van der Waals surface area contributed by atoms with Crippen LogP contribution in [-0.2, 0) is 4.74 Å². The molecule has 6 heteroatoms. The van der Waals surface area contributed by atoms with E-state index in [-0.39, 0.29) is 5.91 Å². The van der Waals surface area contributed by atoms with Gasteiger partial charge in [0.2, 0.25) is 0 Å². The van der Waals surface area contributed by atoms with E-state index < -0.39 is 0 Å². The quantitative estimate of drug-likeness (QED) is 0.798. The van der Waals surface area contributed by atoms with Gasteiger partial charge < -0.3 is 15.8 Å². The minimum Gasteiger partial charge on any atom is -0.376 e. The number of nitrogens with zero attached hydrogens (tertiary/aromatic N) is 1. The van der Waals surface area contributed by atoms with Gasteiger partial charge in [-0.25, -0.2) is 4.98 Å². The number of ether oxygens (including phenoxy) is 1. The molecule has 100 valence electrons. The van der Waals surface area contributed by atoms with Crippen LogP contribution in [0, 0.1) is 6.92 Å². The van der Waals surface area contributed by atoms with Gasteiger partial charge in [-0.05, 0) is 19.8 Å². The van der Waals surface area contributed by atoms with Crippen molar-refractivity contribution in [3.8, 4) is 0 Å². The number of hydrogen-bond donors (Lipinski definition) is 2. The van der Waals surface area contributed by atoms with Crippen molar-refractivity contribution in [2.24, 2.45) is 0 Å². The van der Waals surface area contributed by atoms with Crippen molar-refractivity contribution in [3.05, 3.63) is 10.6 Å². The lowest BCUT2D eigenvalue weighted by Gasteiger charge is -2.11. The van der Waals surface area contributed by atoms with Crippen LogP contribution >= 0.6 is 11.3 Å². The summed E-state index contributed by atoms with van der Waals surface area (Å²) in [5.41, 5.74) is 6.24. The van der Waals surface area contributed by atoms with E-state index in [9.17, 15) is 4.79 Å². The Bertz CT molecular complexity index is 413. The van der Waals surface area contributed by atoms with Crippen molar-refractivity contribution in [3.63, 3.8) is 0 Å². The molecule has 1 fully saturated rings. The lowest BCUT2D eigenvalue weighted by molar-refractivity contribution is 0.0582. The smallest absolute Gasteiger partial charge is 0.263 e. The number of thiazole rings is 1. The fourth-order valence-corrected chi connectivity index (χ4v) is 2.90. The first-order valence-electron chi connectivity index (χ1n) is 6.29. The highest BCUT2D eigenvalue weighted by Gasteiger charge is 2.16. The van der Waals surface area contributed by atoms with Gasteiger partial charge in [-0.2, -0.15) is 0 Å². The van der Waals surface area contributed by atoms with E-state index >= 15 is 0 Å². The minimum atomic E-state index is -0.114. The molecule has 1 aliphatic rings. The number of hydrogen-bond acceptors (Lipinski definition) is 5. The van der Waals surface area contributed by atoms with E-state index in [1.54, 1.807) is 6.92 Å². The molecule has 5 nitrogen and oxygen atoms in total. The molecular weight excluding hydrogens is 250 g/mol. The first-order chi connectivity index (χ1) is 8.66. The third-order valence-electron chi connectivity index (χ3n) is 3.06. The molecule has 0 aromatic carbocycles. The lowest BCUT2D eigenvalue weighted by atomic mass is 10.3. The van der Waals surface area contributed by atoms with E-state index in [4.69, 9.17) is 10.5 Å². The Hall–Kier alpha value is -1.14. The second kappa shape index (κ2) is 6.15. The Balaban J connectivity index is 1.70. The zero-order valence-corrected chi connectivity index (χ0v) is 11.4. The van der Waals surface area contributed by atoms with E-state index in [1.165, 1.54) is 24.2 Å². The first kappa shape index (κ1) is 13.3. The van der Waals surface area contributed by atoms with Crippen molar-refractivity contribution in [1.82, 2.24) is 10.3 Å². The van der Waals surface area contributed by atoms with Crippen molar-refractivity contribution in [1.29, 1.82) is 0 Å². The van der Waals surface area contributed by atoms with Gasteiger partial charge >= 0.3 is 0 Å². The summed E-state index contributed by atoms with van der Waals surface area (Å²) >= 11 is 1.22. The Kier molecular flexibility index (Phi) is 4.54. The molecule has 0 atom stereocenters. The van der Waals surface area contributed by atoms with Gasteiger partial charge in [0.25, 0.3) is 5.91 Å². The molecule has 0 aliphatic heterocycles.